The van der Waals surface area contributed by atoms with Gasteiger partial charge in [0, 0.05) is 19.3 Å². The van der Waals surface area contributed by atoms with E-state index in [-0.39, 0.29) is 31.1 Å². The highest BCUT2D eigenvalue weighted by molar-refractivity contribution is 5.71. The van der Waals surface area contributed by atoms with E-state index in [2.05, 4.69) is 179 Å². The van der Waals surface area contributed by atoms with Crippen molar-refractivity contribution in [2.75, 3.05) is 13.2 Å². The van der Waals surface area contributed by atoms with Crippen LogP contribution in [-0.2, 0) is 28.6 Å². The zero-order chi connectivity index (χ0) is 59.2. The molecule has 0 saturated heterocycles. The molecule has 0 fully saturated rings. The number of allylic oxidation sites excluding steroid dienone is 26. The number of esters is 3. The van der Waals surface area contributed by atoms with Gasteiger partial charge in [0.05, 0.1) is 0 Å². The van der Waals surface area contributed by atoms with Gasteiger partial charge in [0.15, 0.2) is 6.10 Å². The molecule has 6 heteroatoms. The first-order chi connectivity index (χ1) is 40.5. The molecule has 462 valence electrons. The molecule has 0 aliphatic heterocycles. The van der Waals surface area contributed by atoms with Crippen LogP contribution in [0, 0.1) is 0 Å². The van der Waals surface area contributed by atoms with Gasteiger partial charge in [-0.1, -0.05) is 275 Å². The Bertz CT molecular complexity index is 1830. The van der Waals surface area contributed by atoms with Crippen molar-refractivity contribution < 1.29 is 28.6 Å². The predicted molar refractivity (Wildman–Crippen MR) is 357 cm³/mol. The monoisotopic (exact) mass is 1130 g/mol. The van der Waals surface area contributed by atoms with Gasteiger partial charge < -0.3 is 14.2 Å². The lowest BCUT2D eigenvalue weighted by atomic mass is 10.1. The summed E-state index contributed by atoms with van der Waals surface area (Å²) in [6.45, 7) is 6.37. The highest BCUT2D eigenvalue weighted by Gasteiger charge is 2.19. The number of rotatable bonds is 59. The summed E-state index contributed by atoms with van der Waals surface area (Å²) in [5, 5.41) is 0. The number of ether oxygens (including phenoxy) is 3. The van der Waals surface area contributed by atoms with Crippen molar-refractivity contribution in [3.63, 3.8) is 0 Å². The number of hydrogen-bond donors (Lipinski definition) is 0. The minimum absolute atomic E-state index is 0.0956. The summed E-state index contributed by atoms with van der Waals surface area (Å²) >= 11 is 0. The van der Waals surface area contributed by atoms with E-state index in [0.717, 1.165) is 167 Å². The second-order valence-corrected chi connectivity index (χ2v) is 21.6. The molecular weight excluding hydrogens is 1010 g/mol. The van der Waals surface area contributed by atoms with Crippen molar-refractivity contribution in [3.05, 3.63) is 158 Å². The molecule has 0 aliphatic carbocycles. The number of unbranched alkanes of at least 4 members (excludes halogenated alkanes) is 22. The summed E-state index contributed by atoms with van der Waals surface area (Å²) in [5.41, 5.74) is 0. The van der Waals surface area contributed by atoms with Crippen LogP contribution in [0.5, 0.6) is 0 Å². The van der Waals surface area contributed by atoms with Gasteiger partial charge in [-0.05, 0) is 148 Å². The maximum Gasteiger partial charge on any atom is 0.306 e. The van der Waals surface area contributed by atoms with Gasteiger partial charge >= 0.3 is 17.9 Å². The van der Waals surface area contributed by atoms with Crippen molar-refractivity contribution in [2.24, 2.45) is 0 Å². The summed E-state index contributed by atoms with van der Waals surface area (Å²) in [7, 11) is 0. The Hall–Kier alpha value is -4.97. The third kappa shape index (κ3) is 65.8. The molecule has 1 unspecified atom stereocenters. The second kappa shape index (κ2) is 68.5. The Morgan fingerprint density at radius 1 is 0.256 bits per heavy atom. The van der Waals surface area contributed by atoms with E-state index in [1.54, 1.807) is 0 Å². The molecule has 0 aromatic carbocycles. The molecule has 0 aromatic rings. The SMILES string of the molecule is CC/C=C\C/C=C\C/C=C\C/C=C\C/C=C\C/C=C\C/C=C\C/C=C\CCCCCCCCC(=O)OCC(COC(=O)CCCCCCC/C=C\CCCCC)OC(=O)CCCCCCCCCC/C=C\C/C=C\C/C=C\C/C=C\CC. The van der Waals surface area contributed by atoms with Gasteiger partial charge in [-0.15, -0.1) is 0 Å². The van der Waals surface area contributed by atoms with Gasteiger partial charge in [0.2, 0.25) is 0 Å². The summed E-state index contributed by atoms with van der Waals surface area (Å²) < 4.78 is 16.9. The zero-order valence-corrected chi connectivity index (χ0v) is 52.9. The van der Waals surface area contributed by atoms with Crippen LogP contribution >= 0.6 is 0 Å². The van der Waals surface area contributed by atoms with E-state index in [1.165, 1.54) is 77.0 Å². The quantitative estimate of drug-likeness (QED) is 0.0261. The van der Waals surface area contributed by atoms with Gasteiger partial charge in [-0.3, -0.25) is 14.4 Å². The van der Waals surface area contributed by atoms with E-state index in [9.17, 15) is 14.4 Å². The third-order valence-electron chi connectivity index (χ3n) is 13.7. The lowest BCUT2D eigenvalue weighted by Gasteiger charge is -2.18. The van der Waals surface area contributed by atoms with E-state index in [4.69, 9.17) is 14.2 Å². The molecule has 0 bridgehead atoms. The molecule has 6 nitrogen and oxygen atoms in total. The Kier molecular flexibility index (Phi) is 64.4. The first-order valence-electron chi connectivity index (χ1n) is 33.5. The fourth-order valence-corrected chi connectivity index (χ4v) is 8.80. The average molecular weight is 1130 g/mol. The smallest absolute Gasteiger partial charge is 0.306 e. The Morgan fingerprint density at radius 3 is 0.756 bits per heavy atom. The predicted octanol–water partition coefficient (Wildman–Crippen LogP) is 23.3. The van der Waals surface area contributed by atoms with Crippen LogP contribution < -0.4 is 0 Å². The molecule has 0 saturated carbocycles. The van der Waals surface area contributed by atoms with E-state index >= 15 is 0 Å². The molecule has 0 radical (unpaired) electrons. The van der Waals surface area contributed by atoms with E-state index < -0.39 is 6.10 Å². The number of hydrogen-bond acceptors (Lipinski definition) is 6. The molecule has 0 spiro atoms. The van der Waals surface area contributed by atoms with Crippen molar-refractivity contribution in [3.8, 4) is 0 Å². The lowest BCUT2D eigenvalue weighted by molar-refractivity contribution is -0.167. The van der Waals surface area contributed by atoms with Gasteiger partial charge in [-0.2, -0.15) is 0 Å². The van der Waals surface area contributed by atoms with Gasteiger partial charge in [0.25, 0.3) is 0 Å². The topological polar surface area (TPSA) is 78.9 Å². The molecule has 0 rings (SSSR count). The van der Waals surface area contributed by atoms with Gasteiger partial charge in [-0.25, -0.2) is 0 Å². The Balaban J connectivity index is 4.36. The van der Waals surface area contributed by atoms with E-state index in [1.807, 2.05) is 0 Å². The summed E-state index contributed by atoms with van der Waals surface area (Å²) in [4.78, 5) is 38.3. The fraction of sp³-hybridized carbons (Fsp3) is 0.618. The van der Waals surface area contributed by atoms with Crippen LogP contribution in [0.2, 0.25) is 0 Å². The molecule has 0 aromatic heterocycles. The average Bonchev–Trinajstić information content (AvgIpc) is 3.47. The lowest BCUT2D eigenvalue weighted by Crippen LogP contribution is -2.30. The standard InChI is InChI=1S/C76H122O6/c1-4-7-10-13-16-19-22-25-27-29-31-33-34-35-36-37-38-39-40-41-42-44-45-47-49-51-54-57-60-63-66-69-75(78)81-72-73(71-80-74(77)68-65-62-59-56-53-24-21-18-15-12-9-6-3)82-76(79)70-67-64-61-58-55-52-50-48-46-43-32-30-28-26-23-20-17-14-11-8-5-2/h7-8,10-11,16-21,25-28,31-33,35-36,38-39,41-43,45,47,73H,4-6,9,12-15,22-24,29-30,34,37,40,44,46,48-72H2,1-3H3/b10-7-,11-8-,19-16-,20-17-,21-18-,27-25-,28-26-,33-31-,36-35-,39-38-,42-41-,43-32-,47-45-. The highest BCUT2D eigenvalue weighted by Crippen LogP contribution is 2.15. The van der Waals surface area contributed by atoms with Crippen LogP contribution in [0.3, 0.4) is 0 Å². The van der Waals surface area contributed by atoms with Gasteiger partial charge in [0.1, 0.15) is 13.2 Å². The first-order valence-corrected chi connectivity index (χ1v) is 33.5. The van der Waals surface area contributed by atoms with Crippen molar-refractivity contribution in [1.82, 2.24) is 0 Å². The first kappa shape index (κ1) is 77.0. The summed E-state index contributed by atoms with van der Waals surface area (Å²) in [6.07, 6.45) is 99.6. The summed E-state index contributed by atoms with van der Waals surface area (Å²) in [6, 6.07) is 0. The largest absolute Gasteiger partial charge is 0.462 e. The van der Waals surface area contributed by atoms with Crippen LogP contribution in [0.4, 0.5) is 0 Å². The maximum atomic E-state index is 12.9. The van der Waals surface area contributed by atoms with Crippen molar-refractivity contribution >= 4 is 17.9 Å². The van der Waals surface area contributed by atoms with Crippen molar-refractivity contribution in [1.29, 1.82) is 0 Å². The van der Waals surface area contributed by atoms with Crippen LogP contribution in [0.15, 0.2) is 158 Å². The molecule has 82 heavy (non-hydrogen) atoms. The Labute approximate surface area is 505 Å². The fourth-order valence-electron chi connectivity index (χ4n) is 8.80. The second-order valence-electron chi connectivity index (χ2n) is 21.6. The Morgan fingerprint density at radius 2 is 0.476 bits per heavy atom. The van der Waals surface area contributed by atoms with Crippen molar-refractivity contribution in [2.45, 2.75) is 290 Å². The zero-order valence-electron chi connectivity index (χ0n) is 52.9. The highest BCUT2D eigenvalue weighted by atomic mass is 16.6. The summed E-state index contributed by atoms with van der Waals surface area (Å²) in [5.74, 6) is -0.928. The third-order valence-corrected chi connectivity index (χ3v) is 13.7. The maximum absolute atomic E-state index is 12.9. The minimum Gasteiger partial charge on any atom is -0.462 e. The molecule has 1 atom stereocenters. The van der Waals surface area contributed by atoms with Crippen LogP contribution in [0.1, 0.15) is 284 Å². The minimum atomic E-state index is -0.800. The number of carbonyl (C=O) groups excluding carboxylic acids is 3. The molecular formula is C76H122O6. The van der Waals surface area contributed by atoms with Crippen LogP contribution in [-0.4, -0.2) is 37.2 Å². The molecule has 0 N–H and O–H groups in total. The molecule has 0 aliphatic rings. The number of carbonyl (C=O) groups is 3. The van der Waals surface area contributed by atoms with E-state index in [0.29, 0.717) is 19.3 Å². The molecule has 0 heterocycles. The normalized spacial score (nSPS) is 13.2. The molecule has 0 amide bonds. The van der Waals surface area contributed by atoms with Crippen LogP contribution in [0.25, 0.3) is 0 Å².